The van der Waals surface area contributed by atoms with E-state index in [1.807, 2.05) is 46.6 Å². The summed E-state index contributed by atoms with van der Waals surface area (Å²) in [5, 5.41) is 12.3. The van der Waals surface area contributed by atoms with E-state index in [1.165, 1.54) is 13.2 Å². The number of nitrogens with one attached hydrogen (secondary N) is 2. The number of carbonyl (C=O) groups excluding carboxylic acids is 2. The first kappa shape index (κ1) is 23.2. The van der Waals surface area contributed by atoms with Gasteiger partial charge in [-0.15, -0.1) is 11.3 Å². The lowest BCUT2D eigenvalue weighted by Crippen LogP contribution is -2.17. The minimum atomic E-state index is -0.260. The van der Waals surface area contributed by atoms with Crippen LogP contribution in [0.4, 0.5) is 11.4 Å². The number of anilines is 2. The van der Waals surface area contributed by atoms with Gasteiger partial charge in [0.05, 0.1) is 11.4 Å². The number of ether oxygens (including phenoxy) is 1. The lowest BCUT2D eigenvalue weighted by molar-refractivity contribution is -0.119. The Bertz CT molecular complexity index is 1260. The molecule has 0 unspecified atom stereocenters. The Hall–Kier alpha value is -4.01. The van der Waals surface area contributed by atoms with Crippen molar-refractivity contribution in [3.05, 3.63) is 95.5 Å². The topological polar surface area (TPSA) is 85.3 Å². The van der Waals surface area contributed by atoms with Gasteiger partial charge in [0, 0.05) is 36.3 Å². The quantitative estimate of drug-likeness (QED) is 0.340. The third-order valence-electron chi connectivity index (χ3n) is 4.86. The number of amides is 2. The van der Waals surface area contributed by atoms with Gasteiger partial charge in [0.15, 0.2) is 0 Å². The van der Waals surface area contributed by atoms with Gasteiger partial charge in [0.25, 0.3) is 0 Å². The van der Waals surface area contributed by atoms with E-state index >= 15 is 0 Å². The van der Waals surface area contributed by atoms with Crippen LogP contribution >= 0.6 is 11.3 Å². The third-order valence-corrected chi connectivity index (χ3v) is 5.73. The zero-order valence-electron chi connectivity index (χ0n) is 18.6. The number of hydrogen-bond acceptors (Lipinski definition) is 5. The van der Waals surface area contributed by atoms with Gasteiger partial charge in [0.1, 0.15) is 12.3 Å². The van der Waals surface area contributed by atoms with E-state index < -0.39 is 0 Å². The molecule has 0 aliphatic carbocycles. The van der Waals surface area contributed by atoms with Crippen molar-refractivity contribution in [1.29, 1.82) is 0 Å². The molecule has 2 aromatic carbocycles. The molecule has 0 aliphatic heterocycles. The molecule has 2 amide bonds. The summed E-state index contributed by atoms with van der Waals surface area (Å²) < 4.78 is 6.68. The Kier molecular flexibility index (Phi) is 7.64. The van der Waals surface area contributed by atoms with Crippen molar-refractivity contribution < 1.29 is 14.3 Å². The number of aromatic nitrogens is 2. The van der Waals surface area contributed by atoms with E-state index in [0.717, 1.165) is 21.7 Å². The summed E-state index contributed by atoms with van der Waals surface area (Å²) in [5.41, 5.74) is 4.10. The number of carbonyl (C=O) groups is 2. The molecule has 0 bridgehead atoms. The van der Waals surface area contributed by atoms with Crippen LogP contribution in [0.3, 0.4) is 0 Å². The van der Waals surface area contributed by atoms with Crippen LogP contribution in [0.5, 0.6) is 0 Å². The van der Waals surface area contributed by atoms with E-state index in [1.54, 1.807) is 41.7 Å². The van der Waals surface area contributed by atoms with Crippen molar-refractivity contribution in [2.45, 2.75) is 6.54 Å². The first-order valence-electron chi connectivity index (χ1n) is 10.6. The summed E-state index contributed by atoms with van der Waals surface area (Å²) in [7, 11) is 1.46. The number of methoxy groups -OCH3 is 1. The molecular weight excluding hydrogens is 448 g/mol. The maximum Gasteiger partial charge on any atom is 0.250 e. The van der Waals surface area contributed by atoms with Crippen molar-refractivity contribution in [3.8, 4) is 10.6 Å². The molecule has 0 aliphatic rings. The summed E-state index contributed by atoms with van der Waals surface area (Å²) in [4.78, 5) is 25.2. The fraction of sp³-hybridized carbons (Fsp3) is 0.115. The fourth-order valence-corrected chi connectivity index (χ4v) is 4.06. The first-order valence-corrected chi connectivity index (χ1v) is 11.5. The van der Waals surface area contributed by atoms with Crippen LogP contribution in [0.2, 0.25) is 0 Å². The smallest absolute Gasteiger partial charge is 0.250 e. The molecule has 34 heavy (non-hydrogen) atoms. The minimum absolute atomic E-state index is 0.0152. The molecule has 2 N–H and O–H groups in total. The molecule has 0 atom stereocenters. The van der Waals surface area contributed by atoms with Crippen LogP contribution in [0.25, 0.3) is 16.6 Å². The largest absolute Gasteiger partial charge is 0.375 e. The maximum absolute atomic E-state index is 12.5. The summed E-state index contributed by atoms with van der Waals surface area (Å²) in [6.45, 7) is 0.630. The fourth-order valence-electron chi connectivity index (χ4n) is 3.33. The number of hydrogen-bond donors (Lipinski definition) is 2. The summed E-state index contributed by atoms with van der Waals surface area (Å²) in [6, 6.07) is 21.0. The molecular formula is C26H24N4O3S. The number of rotatable bonds is 9. The Morgan fingerprint density at radius 1 is 1.00 bits per heavy atom. The SMILES string of the molecule is COCC(=O)Nc1ccc(NC(=O)/C=C/c2cn(Cc3ccccc3)nc2-c2cccs2)cc1. The van der Waals surface area contributed by atoms with Gasteiger partial charge < -0.3 is 15.4 Å². The monoisotopic (exact) mass is 472 g/mol. The number of benzene rings is 2. The van der Waals surface area contributed by atoms with Gasteiger partial charge in [-0.25, -0.2) is 0 Å². The molecule has 0 fully saturated rings. The second-order valence-electron chi connectivity index (χ2n) is 7.47. The van der Waals surface area contributed by atoms with E-state index in [0.29, 0.717) is 17.9 Å². The van der Waals surface area contributed by atoms with Crippen LogP contribution < -0.4 is 10.6 Å². The first-order chi connectivity index (χ1) is 16.6. The average Bonchev–Trinajstić information content (AvgIpc) is 3.50. The number of thiophene rings is 1. The van der Waals surface area contributed by atoms with Crippen molar-refractivity contribution in [3.63, 3.8) is 0 Å². The Balaban J connectivity index is 1.45. The highest BCUT2D eigenvalue weighted by Crippen LogP contribution is 2.28. The highest BCUT2D eigenvalue weighted by atomic mass is 32.1. The standard InChI is InChI=1S/C26H24N4O3S/c1-33-18-25(32)28-22-12-10-21(11-13-22)27-24(31)14-9-20-17-30(16-19-6-3-2-4-7-19)29-26(20)23-8-5-15-34-23/h2-15,17H,16,18H2,1H3,(H,27,31)(H,28,32)/b14-9+. The lowest BCUT2D eigenvalue weighted by atomic mass is 10.2. The highest BCUT2D eigenvalue weighted by molar-refractivity contribution is 7.13. The van der Waals surface area contributed by atoms with Gasteiger partial charge in [-0.3, -0.25) is 14.3 Å². The second kappa shape index (κ2) is 11.2. The van der Waals surface area contributed by atoms with Crippen LogP contribution in [0.15, 0.2) is 84.4 Å². The second-order valence-corrected chi connectivity index (χ2v) is 8.42. The van der Waals surface area contributed by atoms with Crippen LogP contribution in [0.1, 0.15) is 11.1 Å². The molecule has 8 heteroatoms. The molecule has 4 rings (SSSR count). The van der Waals surface area contributed by atoms with E-state index in [-0.39, 0.29) is 18.4 Å². The average molecular weight is 473 g/mol. The van der Waals surface area contributed by atoms with Crippen LogP contribution in [-0.2, 0) is 20.9 Å². The predicted octanol–water partition coefficient (Wildman–Crippen LogP) is 4.90. The molecule has 172 valence electrons. The van der Waals surface area contributed by atoms with E-state index in [4.69, 9.17) is 9.84 Å². The van der Waals surface area contributed by atoms with Gasteiger partial charge >= 0.3 is 0 Å². The minimum Gasteiger partial charge on any atom is -0.375 e. The van der Waals surface area contributed by atoms with Crippen LogP contribution in [-0.4, -0.2) is 35.3 Å². The molecule has 0 saturated carbocycles. The normalized spacial score (nSPS) is 11.0. The Morgan fingerprint density at radius 2 is 1.74 bits per heavy atom. The molecule has 2 heterocycles. The zero-order valence-corrected chi connectivity index (χ0v) is 19.4. The molecule has 0 radical (unpaired) electrons. The molecule has 7 nitrogen and oxygen atoms in total. The lowest BCUT2D eigenvalue weighted by Gasteiger charge is -2.06. The molecule has 0 saturated heterocycles. The van der Waals surface area contributed by atoms with Crippen molar-refractivity contribution in [2.24, 2.45) is 0 Å². The van der Waals surface area contributed by atoms with Gasteiger partial charge in [-0.2, -0.15) is 5.10 Å². The van der Waals surface area contributed by atoms with E-state index in [2.05, 4.69) is 22.8 Å². The summed E-state index contributed by atoms with van der Waals surface area (Å²) in [5.74, 6) is -0.499. The van der Waals surface area contributed by atoms with Gasteiger partial charge in [-0.1, -0.05) is 36.4 Å². The summed E-state index contributed by atoms with van der Waals surface area (Å²) in [6.07, 6.45) is 5.22. The van der Waals surface area contributed by atoms with Gasteiger partial charge in [-0.05, 0) is 47.4 Å². The number of nitrogens with zero attached hydrogens (tertiary/aromatic N) is 2. The zero-order chi connectivity index (χ0) is 23.8. The third kappa shape index (κ3) is 6.28. The van der Waals surface area contributed by atoms with Crippen molar-refractivity contribution in [1.82, 2.24) is 9.78 Å². The Labute approximate surface area is 201 Å². The van der Waals surface area contributed by atoms with E-state index in [9.17, 15) is 9.59 Å². The molecule has 4 aromatic rings. The summed E-state index contributed by atoms with van der Waals surface area (Å²) >= 11 is 1.61. The predicted molar refractivity (Wildman–Crippen MR) is 136 cm³/mol. The molecule has 2 aromatic heterocycles. The van der Waals surface area contributed by atoms with Gasteiger partial charge in [0.2, 0.25) is 11.8 Å². The Morgan fingerprint density at radius 3 is 2.41 bits per heavy atom. The van der Waals surface area contributed by atoms with Crippen molar-refractivity contribution in [2.75, 3.05) is 24.4 Å². The highest BCUT2D eigenvalue weighted by Gasteiger charge is 2.11. The maximum atomic E-state index is 12.5. The van der Waals surface area contributed by atoms with Crippen LogP contribution in [0, 0.1) is 0 Å². The molecule has 0 spiro atoms. The van der Waals surface area contributed by atoms with Crippen molar-refractivity contribution >= 4 is 40.6 Å².